The largest absolute Gasteiger partial charge is 0.481 e. The van der Waals surface area contributed by atoms with E-state index in [-0.39, 0.29) is 23.7 Å². The van der Waals surface area contributed by atoms with Gasteiger partial charge in [0.05, 0.1) is 5.92 Å². The van der Waals surface area contributed by atoms with Crippen molar-refractivity contribution in [1.29, 1.82) is 0 Å². The number of carbonyl (C=O) groups excluding carboxylic acids is 2. The Balaban J connectivity index is 2.38. The molecule has 0 aromatic carbocycles. The lowest BCUT2D eigenvalue weighted by atomic mass is 9.82. The minimum Gasteiger partial charge on any atom is -0.481 e. The third-order valence-corrected chi connectivity index (χ3v) is 4.07. The van der Waals surface area contributed by atoms with Crippen molar-refractivity contribution in [2.75, 3.05) is 6.54 Å². The van der Waals surface area contributed by atoms with Crippen LogP contribution in [0.2, 0.25) is 0 Å². The molecule has 6 nitrogen and oxygen atoms in total. The second-order valence-corrected chi connectivity index (χ2v) is 6.22. The first-order valence-corrected chi connectivity index (χ1v) is 7.58. The zero-order valence-corrected chi connectivity index (χ0v) is 13.0. The van der Waals surface area contributed by atoms with Crippen LogP contribution in [-0.4, -0.2) is 35.5 Å². The Bertz CT molecular complexity index is 387. The number of carbonyl (C=O) groups is 3. The highest BCUT2D eigenvalue weighted by atomic mass is 16.4. The van der Waals surface area contributed by atoms with E-state index in [0.717, 1.165) is 12.8 Å². The van der Waals surface area contributed by atoms with E-state index in [1.165, 1.54) is 6.92 Å². The molecular formula is C15H26N2O4. The van der Waals surface area contributed by atoms with Crippen molar-refractivity contribution in [3.63, 3.8) is 0 Å². The molecule has 1 aliphatic carbocycles. The molecule has 120 valence electrons. The summed E-state index contributed by atoms with van der Waals surface area (Å²) in [6.45, 7) is 5.72. The number of amides is 2. The van der Waals surface area contributed by atoms with Gasteiger partial charge in [0.2, 0.25) is 11.8 Å². The number of aliphatic carboxylic acids is 1. The zero-order valence-electron chi connectivity index (χ0n) is 13.0. The van der Waals surface area contributed by atoms with Crippen LogP contribution in [0.3, 0.4) is 0 Å². The number of carboxylic acid groups (broad SMARTS) is 1. The first-order valence-electron chi connectivity index (χ1n) is 7.58. The van der Waals surface area contributed by atoms with E-state index in [1.807, 2.05) is 13.8 Å². The van der Waals surface area contributed by atoms with Gasteiger partial charge in [-0.25, -0.2) is 0 Å². The van der Waals surface area contributed by atoms with Crippen molar-refractivity contribution < 1.29 is 19.5 Å². The Morgan fingerprint density at radius 2 is 1.71 bits per heavy atom. The highest BCUT2D eigenvalue weighted by molar-refractivity contribution is 5.87. The van der Waals surface area contributed by atoms with Gasteiger partial charge in [-0.1, -0.05) is 13.8 Å². The van der Waals surface area contributed by atoms with Crippen molar-refractivity contribution in [3.8, 4) is 0 Å². The first kappa shape index (κ1) is 17.5. The summed E-state index contributed by atoms with van der Waals surface area (Å²) in [5.41, 5.74) is 0. The molecule has 0 spiro atoms. The van der Waals surface area contributed by atoms with Crippen LogP contribution in [0.5, 0.6) is 0 Å². The van der Waals surface area contributed by atoms with E-state index in [9.17, 15) is 14.4 Å². The molecule has 1 unspecified atom stereocenters. The highest BCUT2D eigenvalue weighted by Gasteiger charge is 2.27. The Labute approximate surface area is 125 Å². The number of carboxylic acids is 1. The van der Waals surface area contributed by atoms with Crippen LogP contribution in [0.1, 0.15) is 46.5 Å². The molecule has 0 aromatic heterocycles. The lowest BCUT2D eigenvalue weighted by molar-refractivity contribution is -0.143. The van der Waals surface area contributed by atoms with Crippen LogP contribution in [0.25, 0.3) is 0 Å². The molecule has 1 saturated carbocycles. The van der Waals surface area contributed by atoms with E-state index in [1.54, 1.807) is 0 Å². The average molecular weight is 298 g/mol. The predicted molar refractivity (Wildman–Crippen MR) is 78.5 cm³/mol. The van der Waals surface area contributed by atoms with Crippen LogP contribution >= 0.6 is 0 Å². The molecule has 0 heterocycles. The van der Waals surface area contributed by atoms with E-state index >= 15 is 0 Å². The van der Waals surface area contributed by atoms with Crippen molar-refractivity contribution in [2.45, 2.75) is 52.5 Å². The van der Waals surface area contributed by atoms with Crippen molar-refractivity contribution >= 4 is 17.8 Å². The van der Waals surface area contributed by atoms with Crippen LogP contribution in [0, 0.1) is 17.8 Å². The fourth-order valence-corrected chi connectivity index (χ4v) is 2.72. The normalized spacial score (nSPS) is 23.4. The first-order chi connectivity index (χ1) is 9.81. The summed E-state index contributed by atoms with van der Waals surface area (Å²) in [6, 6.07) is -0.516. The van der Waals surface area contributed by atoms with Crippen molar-refractivity contribution in [2.24, 2.45) is 17.8 Å². The Hall–Kier alpha value is -1.59. The maximum absolute atomic E-state index is 12.1. The number of nitrogens with one attached hydrogen (secondary N) is 2. The second kappa shape index (κ2) is 8.00. The summed E-state index contributed by atoms with van der Waals surface area (Å²) in [7, 11) is 0. The molecule has 1 aliphatic rings. The molecule has 0 aromatic rings. The Morgan fingerprint density at radius 3 is 2.14 bits per heavy atom. The van der Waals surface area contributed by atoms with Gasteiger partial charge >= 0.3 is 5.97 Å². The second-order valence-electron chi connectivity index (χ2n) is 6.22. The lowest BCUT2D eigenvalue weighted by Gasteiger charge is -2.27. The van der Waals surface area contributed by atoms with Gasteiger partial charge in [0, 0.05) is 13.5 Å². The minimum atomic E-state index is -0.719. The Morgan fingerprint density at radius 1 is 1.14 bits per heavy atom. The zero-order chi connectivity index (χ0) is 16.0. The summed E-state index contributed by atoms with van der Waals surface area (Å²) in [5, 5.41) is 14.5. The molecule has 0 aliphatic heterocycles. The quantitative estimate of drug-likeness (QED) is 0.685. The molecule has 0 radical (unpaired) electrons. The molecule has 1 rings (SSSR count). The fraction of sp³-hybridized carbons (Fsp3) is 0.800. The molecule has 0 saturated heterocycles. The van der Waals surface area contributed by atoms with Gasteiger partial charge in [0.1, 0.15) is 6.04 Å². The Kier molecular flexibility index (Phi) is 6.65. The van der Waals surface area contributed by atoms with Crippen LogP contribution < -0.4 is 10.6 Å². The molecule has 1 fully saturated rings. The molecule has 0 bridgehead atoms. The molecular weight excluding hydrogens is 272 g/mol. The average Bonchev–Trinajstić information content (AvgIpc) is 2.42. The summed E-state index contributed by atoms with van der Waals surface area (Å²) in [4.78, 5) is 34.1. The maximum atomic E-state index is 12.1. The van der Waals surface area contributed by atoms with Gasteiger partial charge < -0.3 is 15.7 Å². The van der Waals surface area contributed by atoms with Gasteiger partial charge in [-0.2, -0.15) is 0 Å². The number of hydrogen-bond acceptors (Lipinski definition) is 3. The van der Waals surface area contributed by atoms with Crippen molar-refractivity contribution in [3.05, 3.63) is 0 Å². The maximum Gasteiger partial charge on any atom is 0.306 e. The topological polar surface area (TPSA) is 95.5 Å². The van der Waals surface area contributed by atoms with Crippen LogP contribution in [0.4, 0.5) is 0 Å². The smallest absolute Gasteiger partial charge is 0.306 e. The summed E-state index contributed by atoms with van der Waals surface area (Å²) in [6.07, 6.45) is 3.00. The monoisotopic (exact) mass is 298 g/mol. The van der Waals surface area contributed by atoms with Crippen LogP contribution in [0.15, 0.2) is 0 Å². The standard InChI is InChI=1S/C15H26N2O4/c1-9(2)13(17-10(3)18)14(19)16-8-11-4-6-12(7-5-11)15(20)21/h9,11-13H,4-8H2,1-3H3,(H,16,19)(H,17,18)(H,20,21). The molecule has 21 heavy (non-hydrogen) atoms. The fourth-order valence-electron chi connectivity index (χ4n) is 2.72. The van der Waals surface area contributed by atoms with E-state index in [2.05, 4.69) is 10.6 Å². The van der Waals surface area contributed by atoms with Crippen LogP contribution in [-0.2, 0) is 14.4 Å². The van der Waals surface area contributed by atoms with E-state index in [4.69, 9.17) is 5.11 Å². The summed E-state index contributed by atoms with van der Waals surface area (Å²) < 4.78 is 0. The van der Waals surface area contributed by atoms with Gasteiger partial charge in [0.15, 0.2) is 0 Å². The third-order valence-electron chi connectivity index (χ3n) is 4.07. The third kappa shape index (κ3) is 5.73. The summed E-state index contributed by atoms with van der Waals surface area (Å²) >= 11 is 0. The molecule has 2 amide bonds. The lowest BCUT2D eigenvalue weighted by Crippen LogP contribution is -2.50. The van der Waals surface area contributed by atoms with Crippen molar-refractivity contribution in [1.82, 2.24) is 10.6 Å². The van der Waals surface area contributed by atoms with Gasteiger partial charge in [0.25, 0.3) is 0 Å². The minimum absolute atomic E-state index is 0.0247. The summed E-state index contributed by atoms with van der Waals surface area (Å²) in [5.74, 6) is -0.986. The molecule has 3 N–H and O–H groups in total. The van der Waals surface area contributed by atoms with Gasteiger partial charge in [-0.3, -0.25) is 14.4 Å². The predicted octanol–water partition coefficient (Wildman–Crippen LogP) is 1.15. The van der Waals surface area contributed by atoms with Gasteiger partial charge in [-0.05, 0) is 37.5 Å². The SMILES string of the molecule is CC(=O)NC(C(=O)NCC1CCC(C(=O)O)CC1)C(C)C. The highest BCUT2D eigenvalue weighted by Crippen LogP contribution is 2.28. The van der Waals surface area contributed by atoms with E-state index < -0.39 is 12.0 Å². The number of rotatable bonds is 6. The number of hydrogen-bond donors (Lipinski definition) is 3. The van der Waals surface area contributed by atoms with Gasteiger partial charge in [-0.15, -0.1) is 0 Å². The molecule has 1 atom stereocenters. The van der Waals surface area contributed by atoms with E-state index in [0.29, 0.717) is 25.3 Å². The molecule has 6 heteroatoms.